The fourth-order valence-corrected chi connectivity index (χ4v) is 3.20. The van der Waals surface area contributed by atoms with E-state index in [1.165, 1.54) is 5.56 Å². The molecule has 0 bridgehead atoms. The zero-order valence-electron chi connectivity index (χ0n) is 14.3. The van der Waals surface area contributed by atoms with Gasteiger partial charge in [-0.15, -0.1) is 0 Å². The Labute approximate surface area is 157 Å². The van der Waals surface area contributed by atoms with Gasteiger partial charge in [0.2, 0.25) is 0 Å². The lowest BCUT2D eigenvalue weighted by atomic mass is 10.1. The highest BCUT2D eigenvalue weighted by Crippen LogP contribution is 2.35. The van der Waals surface area contributed by atoms with Gasteiger partial charge in [0.05, 0.1) is 16.9 Å². The molecule has 0 saturated carbocycles. The van der Waals surface area contributed by atoms with E-state index in [0.717, 1.165) is 17.1 Å². The lowest BCUT2D eigenvalue weighted by Crippen LogP contribution is -2.47. The molecule has 1 aliphatic heterocycles. The number of rotatable bonds is 3. The maximum Gasteiger partial charge on any atom is 0.276 e. The van der Waals surface area contributed by atoms with Crippen LogP contribution in [-0.4, -0.2) is 17.6 Å². The Morgan fingerprint density at radius 1 is 0.962 bits per heavy atom. The van der Waals surface area contributed by atoms with Crippen molar-refractivity contribution in [3.63, 3.8) is 0 Å². The van der Waals surface area contributed by atoms with E-state index >= 15 is 0 Å². The van der Waals surface area contributed by atoms with Crippen LogP contribution >= 0.6 is 11.6 Å². The van der Waals surface area contributed by atoms with Crippen molar-refractivity contribution >= 4 is 34.6 Å². The van der Waals surface area contributed by atoms with Crippen LogP contribution in [0.15, 0.2) is 72.8 Å². The standard InChI is InChI=1S/C21H18ClN3O/c1-15-7-10-18(11-8-15)24-14-25(23-17-5-3-2-4-6-17)21(26)19-12-9-16(22)13-20(19)24/h2-13,23H,14H2,1H3. The summed E-state index contributed by atoms with van der Waals surface area (Å²) >= 11 is 6.20. The van der Waals surface area contributed by atoms with Gasteiger partial charge >= 0.3 is 0 Å². The van der Waals surface area contributed by atoms with Crippen molar-refractivity contribution in [3.05, 3.63) is 88.9 Å². The lowest BCUT2D eigenvalue weighted by Gasteiger charge is -2.38. The van der Waals surface area contributed by atoms with Crippen LogP contribution in [0.25, 0.3) is 0 Å². The number of hydrazine groups is 1. The van der Waals surface area contributed by atoms with Crippen LogP contribution in [0, 0.1) is 6.92 Å². The average Bonchev–Trinajstić information content (AvgIpc) is 2.65. The Balaban J connectivity index is 1.75. The van der Waals surface area contributed by atoms with Crippen LogP contribution in [0.4, 0.5) is 17.1 Å². The first kappa shape index (κ1) is 16.5. The van der Waals surface area contributed by atoms with Gasteiger partial charge in [0.15, 0.2) is 0 Å². The molecular weight excluding hydrogens is 346 g/mol. The van der Waals surface area contributed by atoms with Crippen LogP contribution in [0.3, 0.4) is 0 Å². The summed E-state index contributed by atoms with van der Waals surface area (Å²) in [5.74, 6) is -0.0797. The van der Waals surface area contributed by atoms with Crippen molar-refractivity contribution < 1.29 is 4.79 Å². The van der Waals surface area contributed by atoms with Gasteiger partial charge in [-0.25, -0.2) is 5.01 Å². The Bertz CT molecular complexity index is 941. The van der Waals surface area contributed by atoms with E-state index in [1.807, 2.05) is 36.4 Å². The summed E-state index contributed by atoms with van der Waals surface area (Å²) in [6.45, 7) is 2.43. The molecule has 0 saturated heterocycles. The van der Waals surface area contributed by atoms with E-state index in [4.69, 9.17) is 11.6 Å². The van der Waals surface area contributed by atoms with Crippen molar-refractivity contribution in [1.82, 2.24) is 5.01 Å². The largest absolute Gasteiger partial charge is 0.320 e. The molecule has 1 N–H and O–H groups in total. The SMILES string of the molecule is Cc1ccc(N2CN(Nc3ccccc3)C(=O)c3ccc(Cl)cc32)cc1. The number of nitrogens with one attached hydrogen (secondary N) is 1. The molecule has 0 aromatic heterocycles. The Hall–Kier alpha value is -2.98. The molecule has 0 fully saturated rings. The summed E-state index contributed by atoms with van der Waals surface area (Å²) in [6, 6.07) is 23.3. The topological polar surface area (TPSA) is 35.6 Å². The van der Waals surface area contributed by atoms with Crippen molar-refractivity contribution in [1.29, 1.82) is 0 Å². The predicted molar refractivity (Wildman–Crippen MR) is 106 cm³/mol. The van der Waals surface area contributed by atoms with Gasteiger partial charge in [0.1, 0.15) is 6.67 Å². The highest BCUT2D eigenvalue weighted by atomic mass is 35.5. The Kier molecular flexibility index (Phi) is 4.27. The number of anilines is 3. The number of hydrogen-bond acceptors (Lipinski definition) is 3. The zero-order valence-corrected chi connectivity index (χ0v) is 15.1. The molecule has 26 heavy (non-hydrogen) atoms. The van der Waals surface area contributed by atoms with Crippen LogP contribution in [-0.2, 0) is 0 Å². The zero-order chi connectivity index (χ0) is 18.1. The second kappa shape index (κ2) is 6.73. The fourth-order valence-electron chi connectivity index (χ4n) is 3.04. The molecule has 1 amide bonds. The number of halogens is 1. The molecule has 5 heteroatoms. The molecule has 0 atom stereocenters. The summed E-state index contributed by atoms with van der Waals surface area (Å²) in [5, 5.41) is 2.23. The highest BCUT2D eigenvalue weighted by Gasteiger charge is 2.30. The van der Waals surface area contributed by atoms with Gasteiger partial charge in [-0.1, -0.05) is 47.5 Å². The number of amides is 1. The summed E-state index contributed by atoms with van der Waals surface area (Å²) < 4.78 is 0. The number of hydrogen-bond donors (Lipinski definition) is 1. The minimum atomic E-state index is -0.0797. The molecular formula is C21H18ClN3O. The number of para-hydroxylation sites is 1. The maximum atomic E-state index is 13.0. The highest BCUT2D eigenvalue weighted by molar-refractivity contribution is 6.31. The van der Waals surface area contributed by atoms with Gasteiger partial charge in [-0.2, -0.15) is 0 Å². The number of carbonyl (C=O) groups is 1. The summed E-state index contributed by atoms with van der Waals surface area (Å²) in [5.41, 5.74) is 7.70. The third-order valence-corrected chi connectivity index (χ3v) is 4.63. The molecule has 3 aromatic rings. The monoisotopic (exact) mass is 363 g/mol. The molecule has 3 aromatic carbocycles. The predicted octanol–water partition coefficient (Wildman–Crippen LogP) is 5.23. The third kappa shape index (κ3) is 3.11. The second-order valence-electron chi connectivity index (χ2n) is 6.28. The van der Waals surface area contributed by atoms with Gasteiger partial charge in [0, 0.05) is 10.7 Å². The van der Waals surface area contributed by atoms with E-state index in [-0.39, 0.29) is 5.91 Å². The molecule has 0 radical (unpaired) electrons. The summed E-state index contributed by atoms with van der Waals surface area (Å²) in [4.78, 5) is 15.0. The van der Waals surface area contributed by atoms with Crippen LogP contribution in [0.5, 0.6) is 0 Å². The third-order valence-electron chi connectivity index (χ3n) is 4.39. The number of nitrogens with zero attached hydrogens (tertiary/aromatic N) is 2. The first-order chi connectivity index (χ1) is 12.6. The first-order valence-corrected chi connectivity index (χ1v) is 8.77. The minimum absolute atomic E-state index is 0.0797. The van der Waals surface area contributed by atoms with Crippen molar-refractivity contribution in [2.45, 2.75) is 6.92 Å². The quantitative estimate of drug-likeness (QED) is 0.692. The fraction of sp³-hybridized carbons (Fsp3) is 0.0952. The molecule has 0 spiro atoms. The molecule has 4 nitrogen and oxygen atoms in total. The number of aryl methyl sites for hydroxylation is 1. The van der Waals surface area contributed by atoms with Crippen LogP contribution < -0.4 is 10.3 Å². The molecule has 1 aliphatic rings. The number of benzene rings is 3. The number of carbonyl (C=O) groups excluding carboxylic acids is 1. The van der Waals surface area contributed by atoms with E-state index < -0.39 is 0 Å². The maximum absolute atomic E-state index is 13.0. The van der Waals surface area contributed by atoms with Crippen LogP contribution in [0.2, 0.25) is 5.02 Å². The molecule has 4 rings (SSSR count). The smallest absolute Gasteiger partial charge is 0.276 e. The summed E-state index contributed by atoms with van der Waals surface area (Å²) in [7, 11) is 0. The van der Waals surface area contributed by atoms with Crippen molar-refractivity contribution in [2.24, 2.45) is 0 Å². The minimum Gasteiger partial charge on any atom is -0.320 e. The van der Waals surface area contributed by atoms with Gasteiger partial charge in [0.25, 0.3) is 5.91 Å². The van der Waals surface area contributed by atoms with Crippen molar-refractivity contribution in [3.8, 4) is 0 Å². The molecule has 0 unspecified atom stereocenters. The van der Waals surface area contributed by atoms with Gasteiger partial charge in [-0.05, 0) is 49.4 Å². The van der Waals surface area contributed by atoms with E-state index in [2.05, 4.69) is 41.5 Å². The second-order valence-corrected chi connectivity index (χ2v) is 6.71. The first-order valence-electron chi connectivity index (χ1n) is 8.39. The van der Waals surface area contributed by atoms with Gasteiger partial charge in [-0.3, -0.25) is 10.2 Å². The lowest BCUT2D eigenvalue weighted by molar-refractivity contribution is 0.0785. The number of fused-ring (bicyclic) bond motifs is 1. The molecule has 0 aliphatic carbocycles. The van der Waals surface area contributed by atoms with E-state index in [0.29, 0.717) is 17.3 Å². The van der Waals surface area contributed by atoms with Crippen molar-refractivity contribution in [2.75, 3.05) is 17.0 Å². The summed E-state index contributed by atoms with van der Waals surface area (Å²) in [6.07, 6.45) is 0. The van der Waals surface area contributed by atoms with E-state index in [9.17, 15) is 4.79 Å². The Morgan fingerprint density at radius 3 is 2.42 bits per heavy atom. The van der Waals surface area contributed by atoms with Crippen LogP contribution in [0.1, 0.15) is 15.9 Å². The molecule has 130 valence electrons. The van der Waals surface area contributed by atoms with E-state index in [1.54, 1.807) is 17.1 Å². The average molecular weight is 364 g/mol. The molecule has 1 heterocycles. The Morgan fingerprint density at radius 2 is 1.69 bits per heavy atom. The normalized spacial score (nSPS) is 13.5. The van der Waals surface area contributed by atoms with Gasteiger partial charge < -0.3 is 4.90 Å².